The van der Waals surface area contributed by atoms with Crippen molar-refractivity contribution in [2.24, 2.45) is 0 Å². The molecule has 7 heterocycles. The topological polar surface area (TPSA) is 113 Å². The number of hydrogen-bond acceptors (Lipinski definition) is 10. The highest BCUT2D eigenvalue weighted by Crippen LogP contribution is 2.36. The molecule has 0 aliphatic carbocycles. The van der Waals surface area contributed by atoms with Gasteiger partial charge in [0.2, 0.25) is 0 Å². The van der Waals surface area contributed by atoms with Crippen LogP contribution < -0.4 is 19.7 Å². The summed E-state index contributed by atoms with van der Waals surface area (Å²) in [6.07, 6.45) is 6.40. The van der Waals surface area contributed by atoms with Crippen LogP contribution in [0.4, 0.5) is 5.82 Å². The third-order valence-electron chi connectivity index (χ3n) is 7.72. The van der Waals surface area contributed by atoms with E-state index in [-0.39, 0.29) is 17.8 Å². The van der Waals surface area contributed by atoms with E-state index in [2.05, 4.69) is 21.4 Å². The smallest absolute Gasteiger partial charge is 0.147 e. The maximum Gasteiger partial charge on any atom is 0.147 e. The highest BCUT2D eigenvalue weighted by atomic mass is 16.5. The van der Waals surface area contributed by atoms with E-state index in [4.69, 9.17) is 29.7 Å². The van der Waals surface area contributed by atoms with Gasteiger partial charge >= 0.3 is 0 Å². The molecule has 0 amide bonds. The number of anilines is 1. The van der Waals surface area contributed by atoms with Gasteiger partial charge in [-0.2, -0.15) is 10.4 Å². The summed E-state index contributed by atoms with van der Waals surface area (Å²) in [6, 6.07) is 11.0. The van der Waals surface area contributed by atoms with Gasteiger partial charge in [0.25, 0.3) is 0 Å². The zero-order valence-electron chi connectivity index (χ0n) is 26.5. The fourth-order valence-electron chi connectivity index (χ4n) is 5.62. The Morgan fingerprint density at radius 1 is 1.15 bits per heavy atom. The average Bonchev–Trinajstić information content (AvgIpc) is 3.47. The number of methoxy groups -OCH3 is 1. The van der Waals surface area contributed by atoms with Crippen molar-refractivity contribution in [1.29, 1.82) is 5.26 Å². The summed E-state index contributed by atoms with van der Waals surface area (Å²) in [4.78, 5) is 13.5. The average molecular weight is 557 g/mol. The Bertz CT molecular complexity index is 1730. The van der Waals surface area contributed by atoms with Crippen LogP contribution in [-0.2, 0) is 11.2 Å². The molecule has 1 aromatic carbocycles. The van der Waals surface area contributed by atoms with Crippen molar-refractivity contribution in [3.05, 3.63) is 66.2 Å². The summed E-state index contributed by atoms with van der Waals surface area (Å²) in [5, 5.41) is 17.2. The Hall–Kier alpha value is -4.24. The third-order valence-corrected chi connectivity index (χ3v) is 7.72. The summed E-state index contributed by atoms with van der Waals surface area (Å²) in [7, 11) is 1.59. The number of fused-ring (bicyclic) bond motifs is 3. The zero-order valence-corrected chi connectivity index (χ0v) is 22.5. The Morgan fingerprint density at radius 2 is 2.00 bits per heavy atom. The van der Waals surface area contributed by atoms with Crippen molar-refractivity contribution in [1.82, 2.24) is 29.8 Å². The van der Waals surface area contributed by atoms with E-state index in [0.717, 1.165) is 6.42 Å². The van der Waals surface area contributed by atoms with Crippen LogP contribution in [0.15, 0.2) is 55.1 Å². The molecule has 3 atom stereocenters. The summed E-state index contributed by atoms with van der Waals surface area (Å²) in [5.41, 5.74) is 2.45. The maximum absolute atomic E-state index is 9.74. The van der Waals surface area contributed by atoms with Gasteiger partial charge in [-0.3, -0.25) is 9.88 Å². The molecule has 210 valence electrons. The van der Waals surface area contributed by atoms with Gasteiger partial charge in [-0.25, -0.2) is 9.50 Å². The second kappa shape index (κ2) is 11.0. The standard InChI is InChI=1S/C30H32N8O3/c1-39-24-4-2-20(3-5-24)15-37-22-8-23(37)17-36(16-22)29-14-33-28(13-34-29)27-9-25(41-19-26-12-32-6-7-40-26)18-38-30(27)21(10-31)11-35-38/h2-5,9,11,13-14,18,22-23,26,32H,6-8,12,15-17,19H2,1H3/t22?,23?,26-/m1/s1/i15D2,19D2. The van der Waals surface area contributed by atoms with Crippen LogP contribution in [0.1, 0.15) is 23.0 Å². The van der Waals surface area contributed by atoms with Crippen LogP contribution >= 0.6 is 0 Å². The van der Waals surface area contributed by atoms with Gasteiger partial charge in [0.05, 0.1) is 58.0 Å². The van der Waals surface area contributed by atoms with Crippen LogP contribution in [0, 0.1) is 11.3 Å². The molecular formula is C30H32N8O3. The number of nitriles is 1. The number of aromatic nitrogens is 4. The first-order valence-electron chi connectivity index (χ1n) is 15.6. The van der Waals surface area contributed by atoms with E-state index in [1.165, 1.54) is 16.9 Å². The predicted octanol–water partition coefficient (Wildman–Crippen LogP) is 2.50. The number of hydrogen-bond donors (Lipinski definition) is 1. The quantitative estimate of drug-likeness (QED) is 0.347. The third kappa shape index (κ3) is 5.06. The van der Waals surface area contributed by atoms with Gasteiger partial charge in [0, 0.05) is 53.1 Å². The van der Waals surface area contributed by atoms with E-state index in [0.29, 0.717) is 72.3 Å². The second-order valence-electron chi connectivity index (χ2n) is 10.3. The molecule has 4 aromatic rings. The van der Waals surface area contributed by atoms with Crippen LogP contribution in [-0.4, -0.2) is 89.1 Å². The predicted molar refractivity (Wildman–Crippen MR) is 152 cm³/mol. The molecule has 4 aliphatic rings. The number of piperazine rings is 1. The molecule has 1 N–H and O–H groups in total. The Balaban J connectivity index is 1.11. The fourth-order valence-corrected chi connectivity index (χ4v) is 5.62. The highest BCUT2D eigenvalue weighted by Gasteiger charge is 2.44. The fraction of sp³-hybridized carbons (Fsp3) is 0.400. The SMILES string of the molecule is [2H]C([2H])(Oc1cc(-c2cnc(N3CC4CC(C3)N4C([2H])([2H])c3ccc(OC)cc3)cn2)c2c(C#N)cnn2c1)[C@H]1CNCCO1. The Kier molecular flexibility index (Phi) is 5.75. The minimum Gasteiger partial charge on any atom is -0.497 e. The van der Waals surface area contributed by atoms with Gasteiger partial charge in [-0.05, 0) is 30.2 Å². The number of rotatable bonds is 8. The molecule has 0 radical (unpaired) electrons. The number of pyridine rings is 1. The summed E-state index contributed by atoms with van der Waals surface area (Å²) in [5.74, 6) is 1.57. The van der Waals surface area contributed by atoms with Crippen molar-refractivity contribution < 1.29 is 19.7 Å². The molecule has 2 bridgehead atoms. The lowest BCUT2D eigenvalue weighted by atomic mass is 9.87. The van der Waals surface area contributed by atoms with E-state index < -0.39 is 19.2 Å². The van der Waals surface area contributed by atoms with E-state index in [9.17, 15) is 5.26 Å². The molecule has 4 saturated heterocycles. The number of nitrogens with one attached hydrogen (secondary N) is 1. The minimum atomic E-state index is -2.12. The van der Waals surface area contributed by atoms with Crippen molar-refractivity contribution in [2.45, 2.75) is 31.1 Å². The van der Waals surface area contributed by atoms with E-state index in [1.807, 2.05) is 4.90 Å². The van der Waals surface area contributed by atoms with Crippen LogP contribution in [0.3, 0.4) is 0 Å². The van der Waals surface area contributed by atoms with E-state index in [1.54, 1.807) is 49.8 Å². The van der Waals surface area contributed by atoms with Gasteiger partial charge in [-0.15, -0.1) is 0 Å². The molecule has 11 heteroatoms. The lowest BCUT2D eigenvalue weighted by molar-refractivity contribution is -0.00870. The van der Waals surface area contributed by atoms with Crippen molar-refractivity contribution in [3.8, 4) is 28.8 Å². The maximum atomic E-state index is 9.74. The molecule has 4 aliphatic heterocycles. The Labute approximate surface area is 243 Å². The minimum absolute atomic E-state index is 0.0270. The van der Waals surface area contributed by atoms with Crippen molar-refractivity contribution in [2.75, 3.05) is 51.4 Å². The molecular weight excluding hydrogens is 520 g/mol. The van der Waals surface area contributed by atoms with Gasteiger partial charge in [0.1, 0.15) is 36.0 Å². The molecule has 41 heavy (non-hydrogen) atoms. The largest absolute Gasteiger partial charge is 0.497 e. The first kappa shape index (κ1) is 21.5. The normalized spacial score (nSPS) is 24.4. The molecule has 11 nitrogen and oxygen atoms in total. The first-order chi connectivity index (χ1) is 21.7. The van der Waals surface area contributed by atoms with Crippen molar-refractivity contribution >= 4 is 11.3 Å². The number of morpholine rings is 1. The number of nitrogens with zero attached hydrogens (tertiary/aromatic N) is 7. The lowest BCUT2D eigenvalue weighted by Gasteiger charge is -2.56. The zero-order chi connectivity index (χ0) is 31.3. The summed E-state index contributed by atoms with van der Waals surface area (Å²) >= 11 is 0. The molecule has 0 spiro atoms. The monoisotopic (exact) mass is 556 g/mol. The molecule has 8 rings (SSSR count). The van der Waals surface area contributed by atoms with Gasteiger partial charge < -0.3 is 24.4 Å². The van der Waals surface area contributed by atoms with E-state index >= 15 is 0 Å². The first-order valence-corrected chi connectivity index (χ1v) is 13.6. The molecule has 4 fully saturated rings. The van der Waals surface area contributed by atoms with Gasteiger partial charge in [-0.1, -0.05) is 12.1 Å². The number of ether oxygens (including phenoxy) is 3. The summed E-state index contributed by atoms with van der Waals surface area (Å²) < 4.78 is 52.9. The Morgan fingerprint density at radius 3 is 2.71 bits per heavy atom. The second-order valence-corrected chi connectivity index (χ2v) is 10.3. The van der Waals surface area contributed by atoms with Crippen LogP contribution in [0.25, 0.3) is 16.8 Å². The van der Waals surface area contributed by atoms with Crippen LogP contribution in [0.5, 0.6) is 11.5 Å². The van der Waals surface area contributed by atoms with Crippen LogP contribution in [0.2, 0.25) is 0 Å². The molecule has 2 unspecified atom stereocenters. The van der Waals surface area contributed by atoms with Gasteiger partial charge in [0.15, 0.2) is 0 Å². The lowest BCUT2D eigenvalue weighted by Crippen LogP contribution is -2.68. The number of piperidine rings is 1. The highest BCUT2D eigenvalue weighted by molar-refractivity contribution is 5.83. The number of benzene rings is 1. The molecule has 3 aromatic heterocycles. The molecule has 0 saturated carbocycles. The summed E-state index contributed by atoms with van der Waals surface area (Å²) in [6.45, 7) is -1.15. The van der Waals surface area contributed by atoms with Crippen molar-refractivity contribution in [3.63, 3.8) is 0 Å².